The third-order valence-corrected chi connectivity index (χ3v) is 7.65. The molecule has 0 spiro atoms. The highest BCUT2D eigenvalue weighted by Crippen LogP contribution is 2.34. The maximum absolute atomic E-state index is 12.5. The Morgan fingerprint density at radius 1 is 1.11 bits per heavy atom. The summed E-state index contributed by atoms with van der Waals surface area (Å²) in [5, 5.41) is 6.78. The molecular weight excluding hydrogens is 382 g/mol. The van der Waals surface area contributed by atoms with E-state index in [2.05, 4.69) is 15.6 Å². The van der Waals surface area contributed by atoms with Gasteiger partial charge in [0.2, 0.25) is 0 Å². The second-order valence-corrected chi connectivity index (χ2v) is 10.1. The molecule has 0 radical (unpaired) electrons. The summed E-state index contributed by atoms with van der Waals surface area (Å²) in [6, 6.07) is 14.6. The van der Waals surface area contributed by atoms with Gasteiger partial charge in [0, 0.05) is 22.2 Å². The van der Waals surface area contributed by atoms with E-state index in [0.29, 0.717) is 10.7 Å². The second kappa shape index (κ2) is 7.01. The molecule has 0 aromatic heterocycles. The SMILES string of the molecule is Cc1ccc(NC(=O)c2cccc(NC3=N[C@H]4CS(=O)(=O)C[C@H]4S3)c2)cc1. The van der Waals surface area contributed by atoms with Crippen LogP contribution >= 0.6 is 11.8 Å². The van der Waals surface area contributed by atoms with Crippen molar-refractivity contribution < 1.29 is 13.2 Å². The Kier molecular flexibility index (Phi) is 4.69. The summed E-state index contributed by atoms with van der Waals surface area (Å²) >= 11 is 1.46. The summed E-state index contributed by atoms with van der Waals surface area (Å²) in [6.45, 7) is 1.99. The smallest absolute Gasteiger partial charge is 0.255 e. The molecule has 2 N–H and O–H groups in total. The summed E-state index contributed by atoms with van der Waals surface area (Å²) in [4.78, 5) is 17.0. The molecule has 2 aliphatic rings. The van der Waals surface area contributed by atoms with Crippen molar-refractivity contribution in [2.24, 2.45) is 4.99 Å². The van der Waals surface area contributed by atoms with Crippen LogP contribution in [0.25, 0.3) is 0 Å². The summed E-state index contributed by atoms with van der Waals surface area (Å²) < 4.78 is 23.3. The number of sulfone groups is 1. The lowest BCUT2D eigenvalue weighted by Gasteiger charge is -2.09. The first-order chi connectivity index (χ1) is 12.9. The molecule has 2 aliphatic heterocycles. The van der Waals surface area contributed by atoms with Crippen molar-refractivity contribution in [3.63, 3.8) is 0 Å². The van der Waals surface area contributed by atoms with E-state index in [1.807, 2.05) is 37.3 Å². The van der Waals surface area contributed by atoms with Crippen LogP contribution in [-0.2, 0) is 9.84 Å². The van der Waals surface area contributed by atoms with E-state index in [-0.39, 0.29) is 28.7 Å². The monoisotopic (exact) mass is 401 g/mol. The maximum Gasteiger partial charge on any atom is 0.255 e. The van der Waals surface area contributed by atoms with Gasteiger partial charge in [0.25, 0.3) is 5.91 Å². The van der Waals surface area contributed by atoms with Crippen LogP contribution in [0.1, 0.15) is 15.9 Å². The van der Waals surface area contributed by atoms with Crippen LogP contribution < -0.4 is 10.6 Å². The lowest BCUT2D eigenvalue weighted by molar-refractivity contribution is 0.102. The molecule has 0 bridgehead atoms. The lowest BCUT2D eigenvalue weighted by atomic mass is 10.1. The van der Waals surface area contributed by atoms with Crippen molar-refractivity contribution in [3.8, 4) is 0 Å². The highest BCUT2D eigenvalue weighted by Gasteiger charge is 2.42. The molecule has 2 atom stereocenters. The number of anilines is 2. The van der Waals surface area contributed by atoms with Gasteiger partial charge in [-0.25, -0.2) is 8.42 Å². The van der Waals surface area contributed by atoms with Crippen molar-refractivity contribution in [2.75, 3.05) is 22.1 Å². The van der Waals surface area contributed by atoms with Gasteiger partial charge in [0.1, 0.15) is 0 Å². The average molecular weight is 402 g/mol. The maximum atomic E-state index is 12.5. The average Bonchev–Trinajstić information content (AvgIpc) is 3.09. The minimum atomic E-state index is -2.96. The molecule has 0 saturated carbocycles. The van der Waals surface area contributed by atoms with Crippen LogP contribution in [0.3, 0.4) is 0 Å². The molecule has 4 rings (SSSR count). The predicted octanol–water partition coefficient (Wildman–Crippen LogP) is 2.93. The summed E-state index contributed by atoms with van der Waals surface area (Å²) in [5.41, 5.74) is 3.16. The highest BCUT2D eigenvalue weighted by atomic mass is 32.2. The van der Waals surface area contributed by atoms with Gasteiger partial charge in [-0.3, -0.25) is 9.79 Å². The van der Waals surface area contributed by atoms with Crippen molar-refractivity contribution in [3.05, 3.63) is 59.7 Å². The molecule has 1 fully saturated rings. The first-order valence-corrected chi connectivity index (χ1v) is 11.3. The van der Waals surface area contributed by atoms with Crippen molar-refractivity contribution in [2.45, 2.75) is 18.2 Å². The fraction of sp³-hybridized carbons (Fsp3) is 0.263. The number of aryl methyl sites for hydroxylation is 1. The number of rotatable bonds is 3. The summed E-state index contributed by atoms with van der Waals surface area (Å²) in [5.74, 6) is 0.108. The van der Waals surface area contributed by atoms with Crippen LogP contribution in [0.5, 0.6) is 0 Å². The molecule has 0 aliphatic carbocycles. The molecule has 27 heavy (non-hydrogen) atoms. The first-order valence-electron chi connectivity index (χ1n) is 8.58. The van der Waals surface area contributed by atoms with E-state index in [1.165, 1.54) is 11.8 Å². The third kappa shape index (κ3) is 4.17. The Bertz CT molecular complexity index is 1020. The van der Waals surface area contributed by atoms with Crippen LogP contribution in [0.4, 0.5) is 11.4 Å². The number of aliphatic imine (C=N–C) groups is 1. The van der Waals surface area contributed by atoms with Gasteiger partial charge in [-0.15, -0.1) is 0 Å². The van der Waals surface area contributed by atoms with Gasteiger partial charge in [0.15, 0.2) is 15.0 Å². The Labute approximate surface area is 162 Å². The van der Waals surface area contributed by atoms with Crippen LogP contribution in [0, 0.1) is 6.92 Å². The van der Waals surface area contributed by atoms with Crippen molar-refractivity contribution >= 4 is 44.0 Å². The number of carbonyl (C=O) groups excluding carboxylic acids is 1. The Morgan fingerprint density at radius 2 is 1.89 bits per heavy atom. The van der Waals surface area contributed by atoms with Crippen molar-refractivity contribution in [1.29, 1.82) is 0 Å². The number of nitrogens with one attached hydrogen (secondary N) is 2. The third-order valence-electron chi connectivity index (χ3n) is 4.50. The van der Waals surface area contributed by atoms with E-state index >= 15 is 0 Å². The van der Waals surface area contributed by atoms with E-state index in [4.69, 9.17) is 0 Å². The van der Waals surface area contributed by atoms with Crippen LogP contribution in [0.15, 0.2) is 53.5 Å². The summed E-state index contributed by atoms with van der Waals surface area (Å²) in [6.07, 6.45) is 0. The fourth-order valence-electron chi connectivity index (χ4n) is 3.12. The van der Waals surface area contributed by atoms with Crippen LogP contribution in [-0.4, -0.2) is 42.3 Å². The molecule has 2 aromatic rings. The molecule has 2 heterocycles. The van der Waals surface area contributed by atoms with E-state index in [0.717, 1.165) is 16.9 Å². The Hall–Kier alpha value is -2.32. The van der Waals surface area contributed by atoms with E-state index in [1.54, 1.807) is 18.2 Å². The highest BCUT2D eigenvalue weighted by molar-refractivity contribution is 8.15. The Balaban J connectivity index is 1.44. The molecule has 1 saturated heterocycles. The van der Waals surface area contributed by atoms with E-state index in [9.17, 15) is 13.2 Å². The number of hydrogen-bond acceptors (Lipinski definition) is 6. The minimum Gasteiger partial charge on any atom is -0.335 e. The van der Waals surface area contributed by atoms with Gasteiger partial charge in [0.05, 0.1) is 17.5 Å². The quantitative estimate of drug-likeness (QED) is 0.826. The second-order valence-electron chi connectivity index (χ2n) is 6.76. The number of fused-ring (bicyclic) bond motifs is 1. The minimum absolute atomic E-state index is 0.00878. The topological polar surface area (TPSA) is 87.6 Å². The zero-order valence-electron chi connectivity index (χ0n) is 14.7. The number of amidine groups is 1. The van der Waals surface area contributed by atoms with Gasteiger partial charge >= 0.3 is 0 Å². The number of carbonyl (C=O) groups is 1. The Morgan fingerprint density at radius 3 is 2.63 bits per heavy atom. The number of amides is 1. The standard InChI is InChI=1S/C19H19N3O3S2/c1-12-5-7-14(8-6-12)20-18(23)13-3-2-4-15(9-13)21-19-22-16-10-27(24,25)11-17(16)26-19/h2-9,16-17H,10-11H2,1H3,(H,20,23)(H,21,22)/t16-,17+/m0/s1. The van der Waals surface area contributed by atoms with Gasteiger partial charge in [-0.1, -0.05) is 35.5 Å². The van der Waals surface area contributed by atoms with Gasteiger partial charge in [-0.2, -0.15) is 0 Å². The molecule has 8 heteroatoms. The largest absolute Gasteiger partial charge is 0.335 e. The zero-order chi connectivity index (χ0) is 19.0. The van der Waals surface area contributed by atoms with Crippen LogP contribution in [0.2, 0.25) is 0 Å². The number of benzene rings is 2. The van der Waals surface area contributed by atoms with E-state index < -0.39 is 9.84 Å². The molecule has 0 unspecified atom stereocenters. The lowest BCUT2D eigenvalue weighted by Crippen LogP contribution is -2.14. The van der Waals surface area contributed by atoms with Crippen molar-refractivity contribution in [1.82, 2.24) is 0 Å². The number of nitrogens with zero attached hydrogens (tertiary/aromatic N) is 1. The predicted molar refractivity (Wildman–Crippen MR) is 110 cm³/mol. The normalized spacial score (nSPS) is 22.8. The fourth-order valence-corrected chi connectivity index (χ4v) is 6.79. The molecule has 140 valence electrons. The summed E-state index contributed by atoms with van der Waals surface area (Å²) in [7, 11) is -2.96. The van der Waals surface area contributed by atoms with Gasteiger partial charge < -0.3 is 10.6 Å². The molecule has 2 aromatic carbocycles. The van der Waals surface area contributed by atoms with Gasteiger partial charge in [-0.05, 0) is 37.3 Å². The molecule has 6 nitrogen and oxygen atoms in total. The molecule has 1 amide bonds. The number of hydrogen-bond donors (Lipinski definition) is 2. The molecular formula is C19H19N3O3S2. The number of thioether (sulfide) groups is 1. The first kappa shape index (κ1) is 18.1. The zero-order valence-corrected chi connectivity index (χ0v) is 16.3.